The number of amides is 1. The van der Waals surface area contributed by atoms with E-state index in [1.165, 1.54) is 32.5 Å². The SMILES string of the molecule is CC.CC(=O)N1C[C@@H](C)C(CN2CCC(C(C)C)CC2)[C@@H](C)C1. The van der Waals surface area contributed by atoms with Crippen LogP contribution in [0.1, 0.15) is 61.3 Å². The molecule has 136 valence electrons. The van der Waals surface area contributed by atoms with Crippen LogP contribution < -0.4 is 0 Å². The van der Waals surface area contributed by atoms with Crippen molar-refractivity contribution in [3.05, 3.63) is 0 Å². The molecule has 2 saturated heterocycles. The molecular formula is C20H40N2O. The second kappa shape index (κ2) is 9.66. The maximum absolute atomic E-state index is 11.6. The number of rotatable bonds is 3. The summed E-state index contributed by atoms with van der Waals surface area (Å²) in [6.07, 6.45) is 2.74. The van der Waals surface area contributed by atoms with Crippen molar-refractivity contribution < 1.29 is 4.79 Å². The maximum Gasteiger partial charge on any atom is 0.219 e. The van der Waals surface area contributed by atoms with Crippen LogP contribution in [0.15, 0.2) is 0 Å². The Morgan fingerprint density at radius 3 is 1.91 bits per heavy atom. The average Bonchev–Trinajstić information content (AvgIpc) is 2.53. The lowest BCUT2D eigenvalue weighted by Crippen LogP contribution is -2.50. The highest BCUT2D eigenvalue weighted by Gasteiger charge is 2.34. The van der Waals surface area contributed by atoms with Gasteiger partial charge in [0.1, 0.15) is 0 Å². The monoisotopic (exact) mass is 324 g/mol. The minimum absolute atomic E-state index is 0.241. The summed E-state index contributed by atoms with van der Waals surface area (Å²) in [4.78, 5) is 16.3. The summed E-state index contributed by atoms with van der Waals surface area (Å²) in [7, 11) is 0. The van der Waals surface area contributed by atoms with Crippen LogP contribution in [0.2, 0.25) is 0 Å². The average molecular weight is 325 g/mol. The standard InChI is InChI=1S/C18H34N2O.C2H6/c1-13(2)17-6-8-19(9-7-17)12-18-14(3)10-20(16(5)21)11-15(18)4;1-2/h13-15,17-18H,6-12H2,1-5H3;1-2H3/t14-,15+,18?;. The van der Waals surface area contributed by atoms with Gasteiger partial charge in [-0.2, -0.15) is 0 Å². The second-order valence-corrected chi connectivity index (χ2v) is 7.92. The lowest BCUT2D eigenvalue weighted by Gasteiger charge is -2.44. The predicted molar refractivity (Wildman–Crippen MR) is 99.4 cm³/mol. The van der Waals surface area contributed by atoms with E-state index in [1.807, 2.05) is 18.7 Å². The largest absolute Gasteiger partial charge is 0.342 e. The van der Waals surface area contributed by atoms with Crippen molar-refractivity contribution >= 4 is 5.91 Å². The van der Waals surface area contributed by atoms with E-state index < -0.39 is 0 Å². The highest BCUT2D eigenvalue weighted by Crippen LogP contribution is 2.31. The number of carbonyl (C=O) groups excluding carboxylic acids is 1. The van der Waals surface area contributed by atoms with Crippen molar-refractivity contribution in [2.24, 2.45) is 29.6 Å². The Morgan fingerprint density at radius 1 is 1.04 bits per heavy atom. The molecule has 2 heterocycles. The van der Waals surface area contributed by atoms with Crippen molar-refractivity contribution in [2.45, 2.75) is 61.3 Å². The molecule has 3 nitrogen and oxygen atoms in total. The molecule has 0 saturated carbocycles. The number of hydrogen-bond donors (Lipinski definition) is 0. The summed E-state index contributed by atoms with van der Waals surface area (Å²) >= 11 is 0. The highest BCUT2D eigenvalue weighted by molar-refractivity contribution is 5.73. The third-order valence-electron chi connectivity index (χ3n) is 5.97. The first kappa shape index (κ1) is 20.5. The quantitative estimate of drug-likeness (QED) is 0.779. The lowest BCUT2D eigenvalue weighted by atomic mass is 9.78. The van der Waals surface area contributed by atoms with Crippen LogP contribution in [0.25, 0.3) is 0 Å². The number of piperidine rings is 2. The number of nitrogens with zero attached hydrogens (tertiary/aromatic N) is 2. The zero-order chi connectivity index (χ0) is 17.6. The topological polar surface area (TPSA) is 23.6 Å². The smallest absolute Gasteiger partial charge is 0.219 e. The molecule has 0 aliphatic carbocycles. The fraction of sp³-hybridized carbons (Fsp3) is 0.950. The molecule has 2 rings (SSSR count). The fourth-order valence-corrected chi connectivity index (χ4v) is 4.32. The molecule has 2 aliphatic rings. The lowest BCUT2D eigenvalue weighted by molar-refractivity contribution is -0.133. The van der Waals surface area contributed by atoms with Gasteiger partial charge in [-0.3, -0.25) is 4.79 Å². The van der Waals surface area contributed by atoms with Crippen molar-refractivity contribution in [1.82, 2.24) is 9.80 Å². The summed E-state index contributed by atoms with van der Waals surface area (Å²) in [5, 5.41) is 0. The van der Waals surface area contributed by atoms with Gasteiger partial charge in [0.25, 0.3) is 0 Å². The molecule has 0 aromatic rings. The number of hydrogen-bond acceptors (Lipinski definition) is 2. The molecule has 2 aliphatic heterocycles. The fourth-order valence-electron chi connectivity index (χ4n) is 4.32. The Morgan fingerprint density at radius 2 is 1.52 bits per heavy atom. The Balaban J connectivity index is 0.00000127. The van der Waals surface area contributed by atoms with Crippen LogP contribution in [-0.4, -0.2) is 48.4 Å². The molecule has 0 aromatic carbocycles. The third kappa shape index (κ3) is 5.77. The molecule has 0 spiro atoms. The zero-order valence-electron chi connectivity index (χ0n) is 16.6. The normalized spacial score (nSPS) is 30.1. The predicted octanol–water partition coefficient (Wildman–Crippen LogP) is 4.13. The Labute approximate surface area is 144 Å². The van der Waals surface area contributed by atoms with E-state index in [4.69, 9.17) is 0 Å². The van der Waals surface area contributed by atoms with Gasteiger partial charge in [0.2, 0.25) is 5.91 Å². The molecule has 3 heteroatoms. The molecule has 0 N–H and O–H groups in total. The van der Waals surface area contributed by atoms with E-state index in [1.54, 1.807) is 6.92 Å². The van der Waals surface area contributed by atoms with Crippen molar-refractivity contribution in [3.63, 3.8) is 0 Å². The van der Waals surface area contributed by atoms with E-state index in [2.05, 4.69) is 32.6 Å². The summed E-state index contributed by atoms with van der Waals surface area (Å²) in [6.45, 7) is 20.8. The van der Waals surface area contributed by atoms with Gasteiger partial charge in [-0.25, -0.2) is 0 Å². The Kier molecular flexibility index (Phi) is 8.60. The van der Waals surface area contributed by atoms with Gasteiger partial charge in [0.15, 0.2) is 0 Å². The van der Waals surface area contributed by atoms with Gasteiger partial charge in [-0.05, 0) is 55.5 Å². The first-order valence-electron chi connectivity index (χ1n) is 9.86. The maximum atomic E-state index is 11.6. The van der Waals surface area contributed by atoms with E-state index in [0.29, 0.717) is 11.8 Å². The van der Waals surface area contributed by atoms with E-state index in [9.17, 15) is 4.79 Å². The molecule has 1 amide bonds. The van der Waals surface area contributed by atoms with E-state index in [0.717, 1.165) is 30.8 Å². The number of likely N-dealkylation sites (tertiary alicyclic amines) is 2. The molecule has 0 radical (unpaired) electrons. The van der Waals surface area contributed by atoms with Crippen LogP contribution in [0.4, 0.5) is 0 Å². The van der Waals surface area contributed by atoms with Crippen LogP contribution in [-0.2, 0) is 4.79 Å². The van der Waals surface area contributed by atoms with Crippen molar-refractivity contribution in [2.75, 3.05) is 32.7 Å². The van der Waals surface area contributed by atoms with Crippen LogP contribution >= 0.6 is 0 Å². The highest BCUT2D eigenvalue weighted by atomic mass is 16.2. The van der Waals surface area contributed by atoms with Crippen LogP contribution in [0.3, 0.4) is 0 Å². The zero-order valence-corrected chi connectivity index (χ0v) is 16.6. The van der Waals surface area contributed by atoms with E-state index in [-0.39, 0.29) is 5.91 Å². The molecule has 0 aromatic heterocycles. The van der Waals surface area contributed by atoms with Gasteiger partial charge in [-0.1, -0.05) is 41.5 Å². The van der Waals surface area contributed by atoms with Gasteiger partial charge >= 0.3 is 0 Å². The Bertz CT molecular complexity index is 336. The molecule has 2 fully saturated rings. The molecule has 23 heavy (non-hydrogen) atoms. The first-order chi connectivity index (χ1) is 10.9. The van der Waals surface area contributed by atoms with Gasteiger partial charge in [0, 0.05) is 26.6 Å². The van der Waals surface area contributed by atoms with Crippen molar-refractivity contribution in [3.8, 4) is 0 Å². The van der Waals surface area contributed by atoms with Gasteiger partial charge in [-0.15, -0.1) is 0 Å². The summed E-state index contributed by atoms with van der Waals surface area (Å²) in [6, 6.07) is 0. The second-order valence-electron chi connectivity index (χ2n) is 7.92. The van der Waals surface area contributed by atoms with Crippen LogP contribution in [0.5, 0.6) is 0 Å². The summed E-state index contributed by atoms with van der Waals surface area (Å²) in [5.74, 6) is 4.00. The molecule has 0 bridgehead atoms. The first-order valence-corrected chi connectivity index (χ1v) is 9.86. The third-order valence-corrected chi connectivity index (χ3v) is 5.97. The van der Waals surface area contributed by atoms with E-state index >= 15 is 0 Å². The summed E-state index contributed by atoms with van der Waals surface area (Å²) < 4.78 is 0. The number of carbonyl (C=O) groups is 1. The van der Waals surface area contributed by atoms with Gasteiger partial charge in [0.05, 0.1) is 0 Å². The molecule has 1 unspecified atom stereocenters. The molecule has 3 atom stereocenters. The van der Waals surface area contributed by atoms with Crippen LogP contribution in [0, 0.1) is 29.6 Å². The summed E-state index contributed by atoms with van der Waals surface area (Å²) in [5.41, 5.74) is 0. The van der Waals surface area contributed by atoms with Gasteiger partial charge < -0.3 is 9.80 Å². The minimum Gasteiger partial charge on any atom is -0.342 e. The molecular weight excluding hydrogens is 284 g/mol. The Hall–Kier alpha value is -0.570. The minimum atomic E-state index is 0.241. The van der Waals surface area contributed by atoms with Crippen molar-refractivity contribution in [1.29, 1.82) is 0 Å².